The summed E-state index contributed by atoms with van der Waals surface area (Å²) in [5.41, 5.74) is 3.90. The van der Waals surface area contributed by atoms with Crippen molar-refractivity contribution >= 4 is 32.8 Å². The third-order valence-corrected chi connectivity index (χ3v) is 11.2. The SMILES string of the molecule is COc1cc(N2CCC(N3CCN(CCS(C)(=O)=O)CC3)CC2)c(-c2cnn(C)c2)cc1Nc1cc(N2OCC[C@@H]2c2cccc(F)c2F)ncn1. The van der Waals surface area contributed by atoms with Crippen LogP contribution in [0.15, 0.2) is 55.1 Å². The predicted molar refractivity (Wildman–Crippen MR) is 196 cm³/mol. The summed E-state index contributed by atoms with van der Waals surface area (Å²) in [6.07, 6.45) is 9.04. The van der Waals surface area contributed by atoms with Crippen molar-refractivity contribution in [3.63, 3.8) is 0 Å². The molecule has 16 heteroatoms. The van der Waals surface area contributed by atoms with E-state index in [9.17, 15) is 17.2 Å². The average molecular weight is 738 g/mol. The number of halogens is 2. The maximum atomic E-state index is 14.8. The van der Waals surface area contributed by atoms with Gasteiger partial charge in [-0.25, -0.2) is 32.2 Å². The second-order valence-electron chi connectivity index (χ2n) is 13.7. The third kappa shape index (κ3) is 7.99. The van der Waals surface area contributed by atoms with Crippen molar-refractivity contribution in [1.82, 2.24) is 29.5 Å². The van der Waals surface area contributed by atoms with Crippen LogP contribution in [0.25, 0.3) is 11.1 Å². The lowest BCUT2D eigenvalue weighted by Gasteiger charge is -2.43. The van der Waals surface area contributed by atoms with E-state index in [2.05, 4.69) is 41.1 Å². The van der Waals surface area contributed by atoms with Gasteiger partial charge in [0, 0.05) is 112 Å². The molecule has 0 spiro atoms. The maximum absolute atomic E-state index is 14.8. The Labute approximate surface area is 303 Å². The Balaban J connectivity index is 1.08. The number of hydrogen-bond donors (Lipinski definition) is 1. The topological polar surface area (TPSA) is 121 Å². The highest BCUT2D eigenvalue weighted by atomic mass is 32.2. The molecular formula is C36H45F2N9O4S. The van der Waals surface area contributed by atoms with Crippen LogP contribution in [-0.4, -0.2) is 116 Å². The summed E-state index contributed by atoms with van der Waals surface area (Å²) >= 11 is 0. The van der Waals surface area contributed by atoms with E-state index in [4.69, 9.17) is 9.57 Å². The molecule has 2 aromatic heterocycles. The third-order valence-electron chi connectivity index (χ3n) is 10.2. The molecule has 3 saturated heterocycles. The molecule has 5 heterocycles. The van der Waals surface area contributed by atoms with Crippen LogP contribution in [0.2, 0.25) is 0 Å². The van der Waals surface area contributed by atoms with Crippen LogP contribution in [0.5, 0.6) is 5.75 Å². The van der Waals surface area contributed by atoms with Crippen LogP contribution in [0.4, 0.5) is 31.8 Å². The number of hydrogen-bond acceptors (Lipinski definition) is 12. The molecule has 4 aromatic rings. The number of rotatable bonds is 11. The van der Waals surface area contributed by atoms with E-state index in [1.807, 2.05) is 25.5 Å². The second kappa shape index (κ2) is 15.3. The van der Waals surface area contributed by atoms with E-state index in [1.54, 1.807) is 23.9 Å². The van der Waals surface area contributed by atoms with Crippen molar-refractivity contribution in [3.8, 4) is 16.9 Å². The fourth-order valence-corrected chi connectivity index (χ4v) is 8.03. The minimum atomic E-state index is -2.97. The lowest BCUT2D eigenvalue weighted by molar-refractivity contribution is 0.0882. The van der Waals surface area contributed by atoms with Gasteiger partial charge in [-0.2, -0.15) is 5.10 Å². The van der Waals surface area contributed by atoms with Gasteiger partial charge in [-0.3, -0.25) is 19.3 Å². The zero-order chi connectivity index (χ0) is 36.4. The second-order valence-corrected chi connectivity index (χ2v) is 16.0. The molecule has 0 saturated carbocycles. The summed E-state index contributed by atoms with van der Waals surface area (Å²) in [4.78, 5) is 21.9. The minimum absolute atomic E-state index is 0.205. The molecule has 1 atom stereocenters. The van der Waals surface area contributed by atoms with E-state index in [1.165, 1.54) is 23.7 Å². The summed E-state index contributed by atoms with van der Waals surface area (Å²) in [5.74, 6) is -0.0833. The smallest absolute Gasteiger partial charge is 0.164 e. The molecule has 0 aliphatic carbocycles. The summed E-state index contributed by atoms with van der Waals surface area (Å²) in [5, 5.41) is 9.36. The van der Waals surface area contributed by atoms with Crippen molar-refractivity contribution in [1.29, 1.82) is 0 Å². The monoisotopic (exact) mass is 737 g/mol. The molecule has 3 aliphatic heterocycles. The summed E-state index contributed by atoms with van der Waals surface area (Å²) in [6.45, 7) is 6.34. The number of sulfone groups is 1. The number of piperazine rings is 1. The molecule has 3 aliphatic rings. The highest BCUT2D eigenvalue weighted by molar-refractivity contribution is 7.90. The van der Waals surface area contributed by atoms with Crippen LogP contribution in [-0.2, 0) is 21.7 Å². The molecule has 13 nitrogen and oxygen atoms in total. The van der Waals surface area contributed by atoms with Crippen molar-refractivity contribution in [3.05, 3.63) is 72.3 Å². The van der Waals surface area contributed by atoms with E-state index < -0.39 is 27.5 Å². The first-order valence-electron chi connectivity index (χ1n) is 17.6. The lowest BCUT2D eigenvalue weighted by Crippen LogP contribution is -2.53. The van der Waals surface area contributed by atoms with Crippen molar-refractivity contribution in [2.45, 2.75) is 31.3 Å². The lowest BCUT2D eigenvalue weighted by atomic mass is 9.98. The van der Waals surface area contributed by atoms with Crippen LogP contribution in [0.3, 0.4) is 0 Å². The quantitative estimate of drug-likeness (QED) is 0.235. The maximum Gasteiger partial charge on any atom is 0.164 e. The van der Waals surface area contributed by atoms with Gasteiger partial charge in [0.05, 0.1) is 37.4 Å². The zero-order valence-corrected chi connectivity index (χ0v) is 30.5. The Bertz CT molecular complexity index is 1980. The molecule has 52 heavy (non-hydrogen) atoms. The number of hydroxylamine groups is 1. The van der Waals surface area contributed by atoms with Crippen LogP contribution >= 0.6 is 0 Å². The molecular weight excluding hydrogens is 693 g/mol. The van der Waals surface area contributed by atoms with E-state index in [-0.39, 0.29) is 11.3 Å². The first kappa shape index (κ1) is 36.0. The molecule has 0 radical (unpaired) electrons. The summed E-state index contributed by atoms with van der Waals surface area (Å²) < 4.78 is 59.8. The summed E-state index contributed by atoms with van der Waals surface area (Å²) in [7, 11) is 0.564. The number of nitrogens with zero attached hydrogens (tertiary/aromatic N) is 8. The molecule has 7 rings (SSSR count). The Morgan fingerprint density at radius 1 is 1.02 bits per heavy atom. The number of ether oxygens (including phenoxy) is 1. The number of nitrogens with one attached hydrogen (secondary N) is 1. The van der Waals surface area contributed by atoms with Crippen LogP contribution in [0, 0.1) is 11.6 Å². The fourth-order valence-electron chi connectivity index (χ4n) is 7.44. The van der Waals surface area contributed by atoms with Crippen molar-refractivity contribution in [2.24, 2.45) is 7.05 Å². The number of aryl methyl sites for hydroxylation is 1. The molecule has 2 aromatic carbocycles. The van der Waals surface area contributed by atoms with Gasteiger partial charge < -0.3 is 15.0 Å². The first-order valence-corrected chi connectivity index (χ1v) is 19.7. The van der Waals surface area contributed by atoms with Gasteiger partial charge in [-0.05, 0) is 25.0 Å². The largest absolute Gasteiger partial charge is 0.494 e. The number of benzene rings is 2. The number of piperidine rings is 1. The molecule has 278 valence electrons. The Kier molecular flexibility index (Phi) is 10.6. The zero-order valence-electron chi connectivity index (χ0n) is 29.7. The minimum Gasteiger partial charge on any atom is -0.494 e. The normalized spacial score (nSPS) is 19.4. The van der Waals surface area contributed by atoms with Crippen LogP contribution in [0.1, 0.15) is 30.9 Å². The van der Waals surface area contributed by atoms with E-state index in [0.29, 0.717) is 48.7 Å². The van der Waals surface area contributed by atoms with E-state index >= 15 is 0 Å². The van der Waals surface area contributed by atoms with Crippen molar-refractivity contribution in [2.75, 3.05) is 86.8 Å². The average Bonchev–Trinajstić information content (AvgIpc) is 3.81. The molecule has 0 bridgehead atoms. The number of methoxy groups -OCH3 is 1. The summed E-state index contributed by atoms with van der Waals surface area (Å²) in [6, 6.07) is 9.89. The molecule has 0 unspecified atom stereocenters. The van der Waals surface area contributed by atoms with Gasteiger partial charge in [0.25, 0.3) is 0 Å². The molecule has 0 amide bonds. The van der Waals surface area contributed by atoms with E-state index in [0.717, 1.165) is 75.0 Å². The standard InChI is InChI=1S/C36H45F2N9O4S/c1-43-23-25(22-41-43)28-19-30(42-34-21-35(40-24-39-34)47-31(9-17-51-47)27-5-4-6-29(37)36(27)38)33(50-2)20-32(28)46-10-7-26(8-11-46)45-14-12-44(13-15-45)16-18-52(3,48)49/h4-6,19-24,26,31H,7-18H2,1-3H3,(H,39,40,42)/t31-/m1/s1. The van der Waals surface area contributed by atoms with Gasteiger partial charge in [0.1, 0.15) is 27.7 Å². The number of aromatic nitrogens is 4. The highest BCUT2D eigenvalue weighted by Crippen LogP contribution is 2.42. The number of anilines is 4. The fraction of sp³-hybridized carbons (Fsp3) is 0.472. The first-order chi connectivity index (χ1) is 25.1. The van der Waals surface area contributed by atoms with Gasteiger partial charge in [0.15, 0.2) is 17.5 Å². The highest BCUT2D eigenvalue weighted by Gasteiger charge is 2.33. The van der Waals surface area contributed by atoms with Gasteiger partial charge in [-0.1, -0.05) is 12.1 Å². The van der Waals surface area contributed by atoms with Crippen molar-refractivity contribution < 1.29 is 26.8 Å². The Morgan fingerprint density at radius 2 is 1.81 bits per heavy atom. The van der Waals surface area contributed by atoms with Gasteiger partial charge in [0.2, 0.25) is 0 Å². The van der Waals surface area contributed by atoms with Gasteiger partial charge in [-0.15, -0.1) is 0 Å². The molecule has 3 fully saturated rings. The predicted octanol–water partition coefficient (Wildman–Crippen LogP) is 4.42. The molecule has 1 N–H and O–H groups in total. The van der Waals surface area contributed by atoms with Crippen LogP contribution < -0.4 is 20.0 Å². The Hall–Kier alpha value is -4.38. The van der Waals surface area contributed by atoms with Gasteiger partial charge >= 0.3 is 0 Å². The Morgan fingerprint density at radius 3 is 2.52 bits per heavy atom.